The summed E-state index contributed by atoms with van der Waals surface area (Å²) >= 11 is 1.31. The molecule has 0 saturated carbocycles. The van der Waals surface area contributed by atoms with Gasteiger partial charge in [-0.25, -0.2) is 13.1 Å². The molecular weight excluding hydrogens is 272 g/mol. The topological polar surface area (TPSA) is 69.6 Å². The summed E-state index contributed by atoms with van der Waals surface area (Å²) in [5.74, 6) is 0. The summed E-state index contributed by atoms with van der Waals surface area (Å²) in [4.78, 5) is 3.67. The Morgan fingerprint density at radius 2 is 2.17 bits per heavy atom. The average Bonchev–Trinajstić information content (AvgIpc) is 2.71. The lowest BCUT2D eigenvalue weighted by molar-refractivity contribution is 0.285. The van der Waals surface area contributed by atoms with Gasteiger partial charge in [-0.3, -0.25) is 0 Å². The highest BCUT2D eigenvalue weighted by Crippen LogP contribution is 2.25. The Morgan fingerprint density at radius 3 is 2.67 bits per heavy atom. The van der Waals surface area contributed by atoms with E-state index in [0.29, 0.717) is 22.8 Å². The van der Waals surface area contributed by atoms with Crippen molar-refractivity contribution in [2.45, 2.75) is 25.3 Å². The van der Waals surface area contributed by atoms with Crippen molar-refractivity contribution in [3.8, 4) is 0 Å². The zero-order valence-electron chi connectivity index (χ0n) is 10.9. The lowest BCUT2D eigenvalue weighted by atomic mass is 10.4. The first kappa shape index (κ1) is 15.6. The molecule has 1 aromatic rings. The van der Waals surface area contributed by atoms with Gasteiger partial charge in [-0.15, -0.1) is 11.3 Å². The summed E-state index contributed by atoms with van der Waals surface area (Å²) in [6, 6.07) is 1.53. The van der Waals surface area contributed by atoms with E-state index in [1.807, 2.05) is 18.9 Å². The van der Waals surface area contributed by atoms with Crippen LogP contribution >= 0.6 is 11.3 Å². The number of thiophene rings is 1. The second-order valence-corrected chi connectivity index (χ2v) is 7.16. The van der Waals surface area contributed by atoms with Gasteiger partial charge in [0.25, 0.3) is 0 Å². The molecule has 1 aromatic heterocycles. The molecule has 0 aromatic carbocycles. The lowest BCUT2D eigenvalue weighted by Crippen LogP contribution is -2.33. The molecule has 0 fully saturated rings. The van der Waals surface area contributed by atoms with Crippen LogP contribution in [0.15, 0.2) is 11.0 Å². The van der Waals surface area contributed by atoms with Crippen LogP contribution in [0, 0.1) is 6.92 Å². The summed E-state index contributed by atoms with van der Waals surface area (Å²) in [7, 11) is -1.52. The first-order valence-corrected chi connectivity index (χ1v) is 8.09. The van der Waals surface area contributed by atoms with E-state index in [9.17, 15) is 8.42 Å². The number of hydrogen-bond donors (Lipinski definition) is 2. The van der Waals surface area contributed by atoms with Crippen LogP contribution < -0.4 is 4.72 Å². The van der Waals surface area contributed by atoms with Crippen molar-refractivity contribution in [3.05, 3.63) is 15.8 Å². The molecule has 1 rings (SSSR count). The first-order chi connectivity index (χ1) is 8.40. The molecule has 0 radical (unpaired) electrons. The highest BCUT2D eigenvalue weighted by atomic mass is 32.2. The summed E-state index contributed by atoms with van der Waals surface area (Å²) in [5.41, 5.74) is 0. The molecule has 0 amide bonds. The monoisotopic (exact) mass is 292 g/mol. The number of sulfonamides is 1. The van der Waals surface area contributed by atoms with Crippen molar-refractivity contribution in [2.24, 2.45) is 0 Å². The van der Waals surface area contributed by atoms with Crippen LogP contribution in [-0.2, 0) is 16.6 Å². The van der Waals surface area contributed by atoms with Gasteiger partial charge < -0.3 is 10.0 Å². The maximum absolute atomic E-state index is 12.0. The molecule has 0 bridgehead atoms. The Morgan fingerprint density at radius 1 is 1.50 bits per heavy atom. The normalized spacial score (nSPS) is 12.3. The van der Waals surface area contributed by atoms with Gasteiger partial charge >= 0.3 is 0 Å². The molecule has 7 heteroatoms. The molecule has 104 valence electrons. The Kier molecular flexibility index (Phi) is 5.74. The molecule has 18 heavy (non-hydrogen) atoms. The first-order valence-electron chi connectivity index (χ1n) is 5.79. The maximum atomic E-state index is 12.0. The van der Waals surface area contributed by atoms with Crippen LogP contribution in [0.1, 0.15) is 16.7 Å². The number of aryl methyl sites for hydroxylation is 1. The Bertz CT molecular complexity index is 482. The van der Waals surface area contributed by atoms with Crippen LogP contribution in [0.25, 0.3) is 0 Å². The summed E-state index contributed by atoms with van der Waals surface area (Å²) < 4.78 is 26.7. The maximum Gasteiger partial charge on any atom is 0.241 e. The zero-order valence-corrected chi connectivity index (χ0v) is 12.6. The minimum atomic E-state index is -3.46. The van der Waals surface area contributed by atoms with Gasteiger partial charge in [0.2, 0.25) is 10.0 Å². The lowest BCUT2D eigenvalue weighted by Gasteiger charge is -2.14. The van der Waals surface area contributed by atoms with Crippen molar-refractivity contribution in [2.75, 3.05) is 26.7 Å². The fraction of sp³-hybridized carbons (Fsp3) is 0.636. The van der Waals surface area contributed by atoms with Crippen molar-refractivity contribution in [3.63, 3.8) is 0 Å². The van der Waals surface area contributed by atoms with Crippen LogP contribution in [0.2, 0.25) is 0 Å². The van der Waals surface area contributed by atoms with E-state index in [2.05, 4.69) is 4.72 Å². The third-order valence-corrected chi connectivity index (χ3v) is 5.45. The van der Waals surface area contributed by atoms with Crippen molar-refractivity contribution in [1.82, 2.24) is 9.62 Å². The van der Waals surface area contributed by atoms with Gasteiger partial charge in [0.05, 0.1) is 11.5 Å². The minimum Gasteiger partial charge on any atom is -0.391 e. The van der Waals surface area contributed by atoms with Crippen molar-refractivity contribution >= 4 is 21.4 Å². The molecule has 0 unspecified atom stereocenters. The summed E-state index contributed by atoms with van der Waals surface area (Å²) in [6.07, 6.45) is 0. The largest absolute Gasteiger partial charge is 0.391 e. The molecule has 0 spiro atoms. The van der Waals surface area contributed by atoms with Gasteiger partial charge in [-0.1, -0.05) is 6.92 Å². The van der Waals surface area contributed by atoms with E-state index >= 15 is 0 Å². The molecule has 0 aliphatic rings. The number of hydrogen-bond acceptors (Lipinski definition) is 5. The van der Waals surface area contributed by atoms with Gasteiger partial charge in [0.15, 0.2) is 0 Å². The molecule has 5 nitrogen and oxygen atoms in total. The Labute approximate surface area is 112 Å². The number of nitrogens with zero attached hydrogens (tertiary/aromatic N) is 1. The second kappa shape index (κ2) is 6.63. The van der Waals surface area contributed by atoms with E-state index in [4.69, 9.17) is 5.11 Å². The van der Waals surface area contributed by atoms with Crippen molar-refractivity contribution < 1.29 is 13.5 Å². The number of nitrogens with one attached hydrogen (secondary N) is 1. The fourth-order valence-corrected chi connectivity index (χ4v) is 3.99. The van der Waals surface area contributed by atoms with Crippen LogP contribution in [-0.4, -0.2) is 45.1 Å². The third-order valence-electron chi connectivity index (χ3n) is 2.69. The Balaban J connectivity index is 2.71. The molecule has 0 aliphatic carbocycles. The number of likely N-dealkylation sites (N-methyl/N-ethyl adjacent to an activating group) is 1. The molecule has 2 N–H and O–H groups in total. The predicted octanol–water partition coefficient (Wildman–Crippen LogP) is 0.779. The third kappa shape index (κ3) is 4.03. The fourth-order valence-electron chi connectivity index (χ4n) is 1.48. The average molecular weight is 292 g/mol. The summed E-state index contributed by atoms with van der Waals surface area (Å²) in [5, 5.41) is 9.01. The summed E-state index contributed by atoms with van der Waals surface area (Å²) in [6.45, 7) is 5.58. The molecule has 0 atom stereocenters. The predicted molar refractivity (Wildman–Crippen MR) is 73.3 cm³/mol. The molecule has 0 saturated heterocycles. The molecule has 0 aliphatic heterocycles. The van der Waals surface area contributed by atoms with Gasteiger partial charge in [0.1, 0.15) is 0 Å². The van der Waals surface area contributed by atoms with E-state index in [1.165, 1.54) is 17.4 Å². The standard InChI is InChI=1S/C11H20N2O3S2/c1-4-13(3)6-5-12-18(15,16)11-7-10(8-14)17-9(11)2/h7,12,14H,4-6,8H2,1-3H3. The van der Waals surface area contributed by atoms with Gasteiger partial charge in [0, 0.05) is 22.8 Å². The molecule has 1 heterocycles. The van der Waals surface area contributed by atoms with Crippen LogP contribution in [0.4, 0.5) is 0 Å². The second-order valence-electron chi connectivity index (χ2n) is 4.08. The van der Waals surface area contributed by atoms with Crippen LogP contribution in [0.5, 0.6) is 0 Å². The number of aliphatic hydroxyl groups excluding tert-OH is 1. The quantitative estimate of drug-likeness (QED) is 0.779. The van der Waals surface area contributed by atoms with Crippen LogP contribution in [0.3, 0.4) is 0 Å². The van der Waals surface area contributed by atoms with Gasteiger partial charge in [-0.2, -0.15) is 0 Å². The van der Waals surface area contributed by atoms with Gasteiger partial charge in [-0.05, 0) is 26.6 Å². The SMILES string of the molecule is CCN(C)CCNS(=O)(=O)c1cc(CO)sc1C. The van der Waals surface area contributed by atoms with E-state index in [-0.39, 0.29) is 11.5 Å². The van der Waals surface area contributed by atoms with E-state index < -0.39 is 10.0 Å². The van der Waals surface area contributed by atoms with E-state index in [0.717, 1.165) is 6.54 Å². The van der Waals surface area contributed by atoms with Crippen molar-refractivity contribution in [1.29, 1.82) is 0 Å². The Hall–Kier alpha value is -0.470. The number of aliphatic hydroxyl groups is 1. The highest BCUT2D eigenvalue weighted by Gasteiger charge is 2.19. The zero-order chi connectivity index (χ0) is 13.8. The minimum absolute atomic E-state index is 0.125. The molecular formula is C11H20N2O3S2. The number of rotatable bonds is 7. The van der Waals surface area contributed by atoms with E-state index in [1.54, 1.807) is 6.92 Å². The highest BCUT2D eigenvalue weighted by molar-refractivity contribution is 7.89. The smallest absolute Gasteiger partial charge is 0.241 e.